The lowest BCUT2D eigenvalue weighted by atomic mass is 9.84. The van der Waals surface area contributed by atoms with Crippen LogP contribution in [0.15, 0.2) is 40.3 Å². The Kier molecular flexibility index (Phi) is 11.0. The molecule has 2 N–H and O–H groups in total. The van der Waals surface area contributed by atoms with Crippen LogP contribution in [0.25, 0.3) is 0 Å². The van der Waals surface area contributed by atoms with Crippen LogP contribution in [-0.2, 0) is 11.8 Å². The lowest BCUT2D eigenvalue weighted by Crippen LogP contribution is -2.44. The van der Waals surface area contributed by atoms with Gasteiger partial charge in [0, 0.05) is 36.4 Å². The molecule has 1 aliphatic carbocycles. The second-order valence-electron chi connectivity index (χ2n) is 14.9. The van der Waals surface area contributed by atoms with Gasteiger partial charge in [-0.15, -0.1) is 0 Å². The third-order valence-electron chi connectivity index (χ3n) is 10.1. The van der Waals surface area contributed by atoms with Gasteiger partial charge in [0.2, 0.25) is 5.84 Å². The van der Waals surface area contributed by atoms with Gasteiger partial charge < -0.3 is 10.2 Å². The maximum Gasteiger partial charge on any atom is 0.246 e. The van der Waals surface area contributed by atoms with E-state index >= 15 is 0 Å². The third kappa shape index (κ3) is 8.37. The Balaban J connectivity index is 1.32. The lowest BCUT2D eigenvalue weighted by molar-refractivity contribution is -0.539. The van der Waals surface area contributed by atoms with Gasteiger partial charge in [0.05, 0.1) is 38.3 Å². The minimum atomic E-state index is -0.0290. The molecule has 0 amide bonds. The Morgan fingerprint density at radius 3 is 2.31 bits per heavy atom. The highest BCUT2D eigenvalue weighted by Crippen LogP contribution is 2.33. The zero-order valence-corrected chi connectivity index (χ0v) is 28.6. The number of phenolic OH excluding ortho intramolecular Hbond substituents is 2. The molecule has 3 aliphatic rings. The fourth-order valence-corrected chi connectivity index (χ4v) is 7.31. The van der Waals surface area contributed by atoms with Crippen LogP contribution in [0, 0.1) is 0 Å². The van der Waals surface area contributed by atoms with E-state index in [0.29, 0.717) is 11.5 Å². The molecule has 0 bridgehead atoms. The summed E-state index contributed by atoms with van der Waals surface area (Å²) in [7, 11) is 0. The molecule has 6 heteroatoms. The number of para-hydroxylation sites is 1. The molecule has 6 nitrogen and oxygen atoms in total. The molecule has 0 radical (unpaired) electrons. The Hall–Kier alpha value is -3.15. The van der Waals surface area contributed by atoms with Crippen LogP contribution < -0.4 is 0 Å². The van der Waals surface area contributed by atoms with E-state index in [-0.39, 0.29) is 23.4 Å². The highest BCUT2D eigenvalue weighted by atomic mass is 16.3. The third-order valence-corrected chi connectivity index (χ3v) is 10.1. The molecule has 5 rings (SSSR count). The van der Waals surface area contributed by atoms with Gasteiger partial charge in [-0.25, -0.2) is 0 Å². The molecule has 2 heterocycles. The fraction of sp³-hybridized carbons (Fsp3) is 0.615. The first-order valence-corrected chi connectivity index (χ1v) is 17.7. The molecule has 2 aromatic carbocycles. The summed E-state index contributed by atoms with van der Waals surface area (Å²) in [5, 5.41) is 22.3. The quantitative estimate of drug-likeness (QED) is 0.222. The number of benzene rings is 2. The number of rotatable bonds is 9. The van der Waals surface area contributed by atoms with Gasteiger partial charge in [0.15, 0.2) is 0 Å². The predicted octanol–water partition coefficient (Wildman–Crippen LogP) is 7.99. The Bertz CT molecular complexity index is 1400. The molecule has 1 saturated carbocycles. The summed E-state index contributed by atoms with van der Waals surface area (Å²) in [6.07, 6.45) is 16.3. The first-order chi connectivity index (χ1) is 21.6. The SMILES string of the molecule is CC(C)c1cccc(C=NC2CCCCC2N=Cc2cc(C(C)(C)C)cc(CCCN3CCC[N+]4=C3CCCCC4)c2O)c1O. The van der Waals surface area contributed by atoms with E-state index in [2.05, 4.69) is 56.2 Å². The monoisotopic (exact) mass is 613 g/mol. The summed E-state index contributed by atoms with van der Waals surface area (Å²) >= 11 is 0. The molecule has 244 valence electrons. The van der Waals surface area contributed by atoms with E-state index in [0.717, 1.165) is 73.9 Å². The molecule has 0 saturated heterocycles. The highest BCUT2D eigenvalue weighted by molar-refractivity contribution is 5.85. The summed E-state index contributed by atoms with van der Waals surface area (Å²) in [6.45, 7) is 15.5. The van der Waals surface area contributed by atoms with Crippen molar-refractivity contribution < 1.29 is 14.8 Å². The number of hydrogen-bond acceptors (Lipinski definition) is 5. The fourth-order valence-electron chi connectivity index (χ4n) is 7.31. The van der Waals surface area contributed by atoms with Crippen LogP contribution in [0.3, 0.4) is 0 Å². The van der Waals surface area contributed by atoms with Crippen LogP contribution in [0.5, 0.6) is 11.5 Å². The Morgan fingerprint density at radius 1 is 0.889 bits per heavy atom. The molecule has 45 heavy (non-hydrogen) atoms. The van der Waals surface area contributed by atoms with Crippen molar-refractivity contribution in [1.82, 2.24) is 4.90 Å². The maximum atomic E-state index is 11.5. The number of aryl methyl sites for hydroxylation is 1. The molecule has 2 unspecified atom stereocenters. The van der Waals surface area contributed by atoms with Gasteiger partial charge in [-0.2, -0.15) is 0 Å². The van der Waals surface area contributed by atoms with Crippen molar-refractivity contribution in [3.8, 4) is 11.5 Å². The average molecular weight is 614 g/mol. The summed E-state index contributed by atoms with van der Waals surface area (Å²) in [6, 6.07) is 10.4. The van der Waals surface area contributed by atoms with Crippen LogP contribution >= 0.6 is 0 Å². The van der Waals surface area contributed by atoms with Gasteiger partial charge >= 0.3 is 0 Å². The van der Waals surface area contributed by atoms with Crippen molar-refractivity contribution in [2.45, 2.75) is 129 Å². The summed E-state index contributed by atoms with van der Waals surface area (Å²) in [5.41, 5.74) is 4.77. The average Bonchev–Trinajstić information content (AvgIpc) is 3.27. The van der Waals surface area contributed by atoms with Gasteiger partial charge in [0.1, 0.15) is 11.5 Å². The number of aliphatic imine (C=N–C) groups is 2. The molecule has 0 aromatic heterocycles. The second kappa shape index (κ2) is 15.0. The van der Waals surface area contributed by atoms with Crippen LogP contribution in [0.4, 0.5) is 0 Å². The number of amidine groups is 1. The number of hydrogen-bond donors (Lipinski definition) is 2. The number of aromatic hydroxyl groups is 2. The molecule has 0 spiro atoms. The zero-order chi connectivity index (χ0) is 32.0. The minimum Gasteiger partial charge on any atom is -0.507 e. The van der Waals surface area contributed by atoms with Gasteiger partial charge in [-0.05, 0) is 85.1 Å². The molecular weight excluding hydrogens is 556 g/mol. The normalized spacial score (nSPS) is 21.6. The predicted molar refractivity (Wildman–Crippen MR) is 188 cm³/mol. The Labute approximate surface area is 272 Å². The van der Waals surface area contributed by atoms with E-state index in [1.54, 1.807) is 5.84 Å². The van der Waals surface area contributed by atoms with Crippen LogP contribution in [-0.4, -0.2) is 76.2 Å². The summed E-state index contributed by atoms with van der Waals surface area (Å²) in [5.74, 6) is 2.52. The van der Waals surface area contributed by atoms with E-state index in [1.165, 1.54) is 50.8 Å². The number of phenols is 2. The van der Waals surface area contributed by atoms with E-state index in [4.69, 9.17) is 9.98 Å². The highest BCUT2D eigenvalue weighted by Gasteiger charge is 2.28. The second-order valence-corrected chi connectivity index (χ2v) is 14.9. The topological polar surface area (TPSA) is 71.4 Å². The van der Waals surface area contributed by atoms with Crippen molar-refractivity contribution in [3.05, 3.63) is 58.1 Å². The van der Waals surface area contributed by atoms with Crippen molar-refractivity contribution >= 4 is 18.3 Å². The van der Waals surface area contributed by atoms with Crippen molar-refractivity contribution in [2.24, 2.45) is 9.98 Å². The standard InChI is InChI=1S/C39H56N4O2/c1-28(2)33-16-11-14-30(38(33)45)26-40-34-17-8-9-18-35(34)41-27-31-25-32(39(3,4)5)24-29(37(31)44)15-12-21-43-23-13-22-42-20-10-6-7-19-36(42)43/h11,14,16,24-28,34-35H,6-10,12-13,15,17-23H2,1-5H3,(H-,40,41,44,45)/p+1. The van der Waals surface area contributed by atoms with E-state index in [9.17, 15) is 10.2 Å². The molecule has 2 atom stereocenters. The molecule has 1 fully saturated rings. The van der Waals surface area contributed by atoms with Crippen LogP contribution in [0.2, 0.25) is 0 Å². The first-order valence-electron chi connectivity index (χ1n) is 17.7. The summed E-state index contributed by atoms with van der Waals surface area (Å²) in [4.78, 5) is 12.7. The molecular formula is C39H57N4O2+. The molecule has 2 aliphatic heterocycles. The Morgan fingerprint density at radius 2 is 1.60 bits per heavy atom. The zero-order valence-electron chi connectivity index (χ0n) is 28.6. The van der Waals surface area contributed by atoms with E-state index in [1.807, 2.05) is 30.6 Å². The van der Waals surface area contributed by atoms with Crippen molar-refractivity contribution in [1.29, 1.82) is 0 Å². The first kappa shape index (κ1) is 33.2. The van der Waals surface area contributed by atoms with E-state index < -0.39 is 0 Å². The molecule has 2 aromatic rings. The van der Waals surface area contributed by atoms with Gasteiger partial charge in [-0.3, -0.25) is 19.5 Å². The van der Waals surface area contributed by atoms with Gasteiger partial charge in [-0.1, -0.05) is 65.7 Å². The number of nitrogens with zero attached hydrogens (tertiary/aromatic N) is 4. The minimum absolute atomic E-state index is 0.0290. The van der Waals surface area contributed by atoms with Crippen molar-refractivity contribution in [2.75, 3.05) is 26.2 Å². The summed E-state index contributed by atoms with van der Waals surface area (Å²) < 4.78 is 2.64. The van der Waals surface area contributed by atoms with Gasteiger partial charge in [0.25, 0.3) is 0 Å². The largest absolute Gasteiger partial charge is 0.507 e. The van der Waals surface area contributed by atoms with Crippen LogP contribution in [0.1, 0.15) is 133 Å². The lowest BCUT2D eigenvalue weighted by Gasteiger charge is -2.27. The maximum absolute atomic E-state index is 11.5. The smallest absolute Gasteiger partial charge is 0.246 e. The van der Waals surface area contributed by atoms with Crippen molar-refractivity contribution in [3.63, 3.8) is 0 Å².